The van der Waals surface area contributed by atoms with E-state index in [4.69, 9.17) is 4.74 Å². The van der Waals surface area contributed by atoms with Crippen LogP contribution in [0, 0.1) is 5.82 Å². The lowest BCUT2D eigenvalue weighted by atomic mass is 9.71. The maximum atomic E-state index is 14.4. The lowest BCUT2D eigenvalue weighted by molar-refractivity contribution is 0.184. The van der Waals surface area contributed by atoms with Gasteiger partial charge in [0.05, 0.1) is 0 Å². The lowest BCUT2D eigenvalue weighted by Crippen LogP contribution is -2.40. The van der Waals surface area contributed by atoms with Crippen molar-refractivity contribution in [3.63, 3.8) is 0 Å². The minimum atomic E-state index is -0.161. The highest BCUT2D eigenvalue weighted by Gasteiger charge is 2.43. The number of nitrogens with zero attached hydrogens (tertiary/aromatic N) is 1. The Morgan fingerprint density at radius 2 is 1.96 bits per heavy atom. The molecule has 2 heterocycles. The second-order valence-corrected chi connectivity index (χ2v) is 8.63. The summed E-state index contributed by atoms with van der Waals surface area (Å²) in [5, 5.41) is 0.503. The Morgan fingerprint density at radius 3 is 2.73 bits per heavy atom. The molecular weight excluding hydrogens is 393 g/mol. The molecule has 0 aromatic heterocycles. The first kappa shape index (κ1) is 16.8. The summed E-state index contributed by atoms with van der Waals surface area (Å²) < 4.78 is 20.6. The molecule has 3 aliphatic rings. The average Bonchev–Trinajstić information content (AvgIpc) is 3.02. The highest BCUT2D eigenvalue weighted by atomic mass is 79.9. The molecule has 5 rings (SSSR count). The minimum Gasteiger partial charge on any atom is -0.488 e. The standard InChI is InChI=1S/C22H23BrFNO/c1-25-8-6-22(7-9-25)5-4-14-2-3-16-17-11-19(24)15(12-23)10-20(17)26-13-18(16)21(14)22/h2-3,10-11H,4-9,12-13H2,1H3. The first-order valence-electron chi connectivity index (χ1n) is 9.47. The molecule has 2 aromatic carbocycles. The van der Waals surface area contributed by atoms with Gasteiger partial charge in [-0.1, -0.05) is 28.1 Å². The van der Waals surface area contributed by atoms with Crippen LogP contribution < -0.4 is 4.74 Å². The monoisotopic (exact) mass is 415 g/mol. The lowest BCUT2D eigenvalue weighted by Gasteiger charge is -2.40. The number of fused-ring (bicyclic) bond motifs is 6. The first-order chi connectivity index (χ1) is 12.6. The van der Waals surface area contributed by atoms with Gasteiger partial charge in [0, 0.05) is 22.0 Å². The van der Waals surface area contributed by atoms with Crippen LogP contribution in [0.25, 0.3) is 11.1 Å². The number of rotatable bonds is 1. The highest BCUT2D eigenvalue weighted by molar-refractivity contribution is 9.08. The smallest absolute Gasteiger partial charge is 0.128 e. The number of hydrogen-bond acceptors (Lipinski definition) is 2. The molecule has 0 unspecified atom stereocenters. The maximum absolute atomic E-state index is 14.4. The molecule has 0 N–H and O–H groups in total. The fourth-order valence-corrected chi connectivity index (χ4v) is 5.62. The van der Waals surface area contributed by atoms with E-state index in [1.165, 1.54) is 41.5 Å². The van der Waals surface area contributed by atoms with E-state index < -0.39 is 0 Å². The average molecular weight is 416 g/mol. The Morgan fingerprint density at radius 1 is 1.15 bits per heavy atom. The molecule has 1 aliphatic carbocycles. The van der Waals surface area contributed by atoms with Crippen LogP contribution in [0.4, 0.5) is 4.39 Å². The number of ether oxygens (including phenoxy) is 1. The Bertz CT molecular complexity index is 886. The molecule has 0 amide bonds. The Hall–Kier alpha value is -1.39. The van der Waals surface area contributed by atoms with Crippen LogP contribution >= 0.6 is 15.9 Å². The molecule has 2 nitrogen and oxygen atoms in total. The topological polar surface area (TPSA) is 12.5 Å². The van der Waals surface area contributed by atoms with Crippen LogP contribution in [0.1, 0.15) is 41.5 Å². The fourth-order valence-electron chi connectivity index (χ4n) is 5.19. The molecule has 1 saturated heterocycles. The van der Waals surface area contributed by atoms with Crippen molar-refractivity contribution in [1.29, 1.82) is 0 Å². The van der Waals surface area contributed by atoms with Gasteiger partial charge in [0.1, 0.15) is 18.2 Å². The Balaban J connectivity index is 1.66. The predicted molar refractivity (Wildman–Crippen MR) is 106 cm³/mol. The van der Waals surface area contributed by atoms with Gasteiger partial charge in [-0.3, -0.25) is 0 Å². The van der Waals surface area contributed by atoms with Gasteiger partial charge in [0.15, 0.2) is 0 Å². The number of halogens is 2. The number of hydrogen-bond donors (Lipinski definition) is 0. The molecule has 0 bridgehead atoms. The van der Waals surface area contributed by atoms with Gasteiger partial charge in [-0.15, -0.1) is 0 Å². The quantitative estimate of drug-likeness (QED) is 0.594. The van der Waals surface area contributed by atoms with E-state index in [0.29, 0.717) is 22.9 Å². The third-order valence-electron chi connectivity index (χ3n) is 6.70. The van der Waals surface area contributed by atoms with Crippen molar-refractivity contribution in [2.45, 2.75) is 43.0 Å². The molecule has 136 valence electrons. The van der Waals surface area contributed by atoms with Crippen LogP contribution in [0.15, 0.2) is 24.3 Å². The van der Waals surface area contributed by atoms with E-state index in [0.717, 1.165) is 30.8 Å². The number of piperidine rings is 1. The van der Waals surface area contributed by atoms with E-state index in [1.54, 1.807) is 6.07 Å². The van der Waals surface area contributed by atoms with Crippen LogP contribution in [0.2, 0.25) is 0 Å². The Kier molecular flexibility index (Phi) is 3.91. The molecule has 1 fully saturated rings. The van der Waals surface area contributed by atoms with Gasteiger partial charge in [-0.2, -0.15) is 0 Å². The molecule has 2 aromatic rings. The third kappa shape index (κ3) is 2.38. The summed E-state index contributed by atoms with van der Waals surface area (Å²) in [6.07, 6.45) is 4.85. The van der Waals surface area contributed by atoms with E-state index in [9.17, 15) is 4.39 Å². The second-order valence-electron chi connectivity index (χ2n) is 8.07. The molecule has 0 atom stereocenters. The first-order valence-corrected chi connectivity index (χ1v) is 10.6. The zero-order valence-electron chi connectivity index (χ0n) is 15.1. The van der Waals surface area contributed by atoms with Gasteiger partial charge < -0.3 is 9.64 Å². The second kappa shape index (κ2) is 6.07. The number of benzene rings is 2. The van der Waals surface area contributed by atoms with Gasteiger partial charge in [0.25, 0.3) is 0 Å². The summed E-state index contributed by atoms with van der Waals surface area (Å²) in [6.45, 7) is 2.92. The van der Waals surface area contributed by atoms with Crippen LogP contribution in [-0.2, 0) is 23.8 Å². The van der Waals surface area contributed by atoms with Crippen LogP contribution in [0.3, 0.4) is 0 Å². The maximum Gasteiger partial charge on any atom is 0.128 e. The summed E-state index contributed by atoms with van der Waals surface area (Å²) in [5.74, 6) is 0.648. The molecule has 2 aliphatic heterocycles. The minimum absolute atomic E-state index is 0.161. The van der Waals surface area contributed by atoms with Crippen LogP contribution in [-0.4, -0.2) is 25.0 Å². The number of alkyl halides is 1. The number of likely N-dealkylation sites (tertiary alicyclic amines) is 1. The molecule has 26 heavy (non-hydrogen) atoms. The van der Waals surface area contributed by atoms with Crippen molar-refractivity contribution < 1.29 is 9.13 Å². The largest absolute Gasteiger partial charge is 0.488 e. The van der Waals surface area contributed by atoms with E-state index in [2.05, 4.69) is 40.0 Å². The summed E-state index contributed by atoms with van der Waals surface area (Å²) >= 11 is 3.36. The van der Waals surface area contributed by atoms with E-state index in [-0.39, 0.29) is 5.82 Å². The third-order valence-corrected chi connectivity index (χ3v) is 7.31. The van der Waals surface area contributed by atoms with Gasteiger partial charge >= 0.3 is 0 Å². The van der Waals surface area contributed by atoms with Crippen molar-refractivity contribution in [3.05, 3.63) is 52.3 Å². The Labute approximate surface area is 162 Å². The zero-order valence-corrected chi connectivity index (χ0v) is 16.7. The van der Waals surface area contributed by atoms with Crippen molar-refractivity contribution in [3.8, 4) is 16.9 Å². The molecule has 1 spiro atoms. The van der Waals surface area contributed by atoms with E-state index in [1.807, 2.05) is 6.07 Å². The summed E-state index contributed by atoms with van der Waals surface area (Å²) in [6, 6.07) is 7.98. The normalized spacial score (nSPS) is 20.4. The predicted octanol–water partition coefficient (Wildman–Crippen LogP) is 5.19. The number of aryl methyl sites for hydroxylation is 1. The summed E-state index contributed by atoms with van der Waals surface area (Å²) in [5.41, 5.74) is 7.35. The fraction of sp³-hybridized carbons (Fsp3) is 0.455. The van der Waals surface area contributed by atoms with Crippen molar-refractivity contribution in [1.82, 2.24) is 4.90 Å². The highest BCUT2D eigenvalue weighted by Crippen LogP contribution is 2.51. The van der Waals surface area contributed by atoms with Gasteiger partial charge in [0.2, 0.25) is 0 Å². The molecule has 0 saturated carbocycles. The van der Waals surface area contributed by atoms with E-state index >= 15 is 0 Å². The van der Waals surface area contributed by atoms with Crippen molar-refractivity contribution in [2.24, 2.45) is 0 Å². The SMILES string of the molecule is CN1CCC2(CCc3ccc4c(c32)COc2cc(CBr)c(F)cc2-4)CC1. The van der Waals surface area contributed by atoms with Crippen LogP contribution in [0.5, 0.6) is 5.75 Å². The zero-order chi connectivity index (χ0) is 17.9. The molecule has 4 heteroatoms. The summed E-state index contributed by atoms with van der Waals surface area (Å²) in [4.78, 5) is 2.43. The van der Waals surface area contributed by atoms with Crippen molar-refractivity contribution in [2.75, 3.05) is 20.1 Å². The van der Waals surface area contributed by atoms with Crippen molar-refractivity contribution >= 4 is 15.9 Å². The van der Waals surface area contributed by atoms with Gasteiger partial charge in [-0.25, -0.2) is 4.39 Å². The summed E-state index contributed by atoms with van der Waals surface area (Å²) in [7, 11) is 2.22. The van der Waals surface area contributed by atoms with Gasteiger partial charge in [-0.05, 0) is 80.1 Å². The molecular formula is C22H23BrFNO. The molecule has 0 radical (unpaired) electrons.